The highest BCUT2D eigenvalue weighted by Crippen LogP contribution is 2.26. The summed E-state index contributed by atoms with van der Waals surface area (Å²) in [5.74, 6) is 0.602. The fraction of sp³-hybridized carbons (Fsp3) is 0.417. The van der Waals surface area contributed by atoms with Crippen LogP contribution in [0.15, 0.2) is 22.5 Å². The maximum Gasteiger partial charge on any atom is 0.115 e. The van der Waals surface area contributed by atoms with Gasteiger partial charge in [0.15, 0.2) is 0 Å². The maximum atomic E-state index is 4.24. The van der Waals surface area contributed by atoms with Crippen LogP contribution in [0, 0.1) is 0 Å². The van der Waals surface area contributed by atoms with Crippen LogP contribution >= 0.6 is 11.3 Å². The van der Waals surface area contributed by atoms with Gasteiger partial charge in [0.05, 0.1) is 10.6 Å². The van der Waals surface area contributed by atoms with E-state index in [0.717, 1.165) is 0 Å². The summed E-state index contributed by atoms with van der Waals surface area (Å²) in [6.07, 6.45) is 4.11. The largest absolute Gasteiger partial charge is 0.363 e. The van der Waals surface area contributed by atoms with Gasteiger partial charge in [-0.25, -0.2) is 0 Å². The molecule has 1 atom stereocenters. The van der Waals surface area contributed by atoms with E-state index in [4.69, 9.17) is 0 Å². The quantitative estimate of drug-likeness (QED) is 0.813. The fourth-order valence-corrected chi connectivity index (χ4v) is 2.57. The molecule has 1 N–H and O–H groups in total. The van der Waals surface area contributed by atoms with Crippen LogP contribution in [0.2, 0.25) is 0 Å². The van der Waals surface area contributed by atoms with E-state index in [0.29, 0.717) is 5.92 Å². The van der Waals surface area contributed by atoms with E-state index in [1.807, 2.05) is 12.3 Å². The topological polar surface area (TPSA) is 24.4 Å². The first-order valence-corrected chi connectivity index (χ1v) is 6.13. The predicted octanol–water partition coefficient (Wildman–Crippen LogP) is 3.23. The third-order valence-corrected chi connectivity index (χ3v) is 3.45. The summed E-state index contributed by atoms with van der Waals surface area (Å²) in [7, 11) is 0. The summed E-state index contributed by atoms with van der Waals surface area (Å²) < 4.78 is 0. The van der Waals surface area contributed by atoms with Gasteiger partial charge in [-0.2, -0.15) is 0 Å². The van der Waals surface area contributed by atoms with E-state index in [2.05, 4.69) is 42.5 Å². The molecule has 0 amide bonds. The first kappa shape index (κ1) is 10.4. The zero-order valence-corrected chi connectivity index (χ0v) is 10.1. The van der Waals surface area contributed by atoms with Crippen molar-refractivity contribution < 1.29 is 0 Å². The van der Waals surface area contributed by atoms with E-state index in [1.54, 1.807) is 11.3 Å². The van der Waals surface area contributed by atoms with E-state index in [-0.39, 0.29) is 6.17 Å². The lowest BCUT2D eigenvalue weighted by molar-refractivity contribution is 0.685. The molecule has 1 aromatic rings. The molecular weight excluding hydrogens is 204 g/mol. The van der Waals surface area contributed by atoms with Crippen LogP contribution < -0.4 is 5.32 Å². The molecule has 80 valence electrons. The first-order chi connectivity index (χ1) is 7.16. The zero-order valence-electron chi connectivity index (χ0n) is 9.32. The van der Waals surface area contributed by atoms with Crippen molar-refractivity contribution in [2.45, 2.75) is 32.9 Å². The molecule has 0 fully saturated rings. The Balaban J connectivity index is 2.23. The molecule has 0 aromatic carbocycles. The Morgan fingerprint density at radius 2 is 2.27 bits per heavy atom. The van der Waals surface area contributed by atoms with Crippen LogP contribution in [0.25, 0.3) is 5.70 Å². The van der Waals surface area contributed by atoms with Gasteiger partial charge in [0, 0.05) is 6.21 Å². The normalized spacial score (nSPS) is 20.3. The smallest absolute Gasteiger partial charge is 0.115 e. The molecule has 15 heavy (non-hydrogen) atoms. The number of thiophene rings is 1. The summed E-state index contributed by atoms with van der Waals surface area (Å²) in [6.45, 7) is 6.50. The molecule has 0 aliphatic carbocycles. The fourth-order valence-electron chi connectivity index (χ4n) is 1.51. The van der Waals surface area contributed by atoms with E-state index in [1.165, 1.54) is 16.1 Å². The van der Waals surface area contributed by atoms with Gasteiger partial charge in [0.25, 0.3) is 0 Å². The summed E-state index contributed by atoms with van der Waals surface area (Å²) in [6, 6.07) is 2.26. The van der Waals surface area contributed by atoms with Crippen LogP contribution in [0.1, 0.15) is 37.1 Å². The summed E-state index contributed by atoms with van der Waals surface area (Å²) in [5.41, 5.74) is 2.60. The maximum absolute atomic E-state index is 4.24. The van der Waals surface area contributed by atoms with Gasteiger partial charge in [-0.3, -0.25) is 4.99 Å². The average Bonchev–Trinajstić information content (AvgIpc) is 2.66. The monoisotopic (exact) mass is 220 g/mol. The van der Waals surface area contributed by atoms with Crippen molar-refractivity contribution in [3.8, 4) is 0 Å². The Bertz CT molecular complexity index is 402. The lowest BCUT2D eigenvalue weighted by Gasteiger charge is -2.16. The van der Waals surface area contributed by atoms with Crippen molar-refractivity contribution >= 4 is 23.2 Å². The van der Waals surface area contributed by atoms with Crippen LogP contribution in [-0.4, -0.2) is 12.4 Å². The van der Waals surface area contributed by atoms with Gasteiger partial charge < -0.3 is 5.32 Å². The van der Waals surface area contributed by atoms with Gasteiger partial charge in [-0.1, -0.05) is 13.8 Å². The van der Waals surface area contributed by atoms with E-state index < -0.39 is 0 Å². The second-order valence-corrected chi connectivity index (χ2v) is 5.01. The lowest BCUT2D eigenvalue weighted by atomic mass is 10.1. The molecule has 2 nitrogen and oxygen atoms in total. The minimum Gasteiger partial charge on any atom is -0.363 e. The highest BCUT2D eigenvalue weighted by Gasteiger charge is 2.11. The van der Waals surface area contributed by atoms with Gasteiger partial charge in [-0.15, -0.1) is 11.3 Å². The summed E-state index contributed by atoms with van der Waals surface area (Å²) in [5, 5.41) is 5.59. The molecule has 1 aliphatic heterocycles. The Hall–Kier alpha value is -1.09. The third-order valence-electron chi connectivity index (χ3n) is 2.47. The Morgan fingerprint density at radius 3 is 2.87 bits per heavy atom. The van der Waals surface area contributed by atoms with Crippen molar-refractivity contribution in [2.75, 3.05) is 0 Å². The molecule has 1 aliphatic rings. The summed E-state index contributed by atoms with van der Waals surface area (Å²) in [4.78, 5) is 5.54. The highest BCUT2D eigenvalue weighted by atomic mass is 32.1. The number of nitrogens with zero attached hydrogens (tertiary/aromatic N) is 1. The minimum atomic E-state index is 0.189. The van der Waals surface area contributed by atoms with Crippen molar-refractivity contribution in [3.05, 3.63) is 28.0 Å². The predicted molar refractivity (Wildman–Crippen MR) is 67.5 cm³/mol. The molecular formula is C12H16N2S. The van der Waals surface area contributed by atoms with Crippen LogP contribution in [0.4, 0.5) is 0 Å². The second-order valence-electron chi connectivity index (χ2n) is 4.10. The number of hydrogen-bond acceptors (Lipinski definition) is 3. The Morgan fingerprint density at radius 1 is 1.47 bits per heavy atom. The van der Waals surface area contributed by atoms with Crippen molar-refractivity contribution in [2.24, 2.45) is 4.99 Å². The molecule has 0 saturated heterocycles. The van der Waals surface area contributed by atoms with Gasteiger partial charge in [0.2, 0.25) is 0 Å². The lowest BCUT2D eigenvalue weighted by Crippen LogP contribution is -2.24. The van der Waals surface area contributed by atoms with Crippen LogP contribution in [-0.2, 0) is 0 Å². The number of aliphatic imine (C=N–C) groups is 1. The SMILES string of the molecule is CC1N=CC=C(c2cc(C(C)C)cs2)N1. The van der Waals surface area contributed by atoms with Crippen molar-refractivity contribution in [1.29, 1.82) is 0 Å². The standard InChI is InChI=1S/C12H16N2S/c1-8(2)10-6-12(15-7-10)11-4-5-13-9(3)14-11/h4-9,14H,1-3H3. The molecule has 2 heterocycles. The van der Waals surface area contributed by atoms with Crippen molar-refractivity contribution in [1.82, 2.24) is 5.32 Å². The third kappa shape index (κ3) is 2.29. The number of allylic oxidation sites excluding steroid dienone is 1. The molecule has 1 unspecified atom stereocenters. The van der Waals surface area contributed by atoms with Crippen molar-refractivity contribution in [3.63, 3.8) is 0 Å². The zero-order chi connectivity index (χ0) is 10.8. The average molecular weight is 220 g/mol. The Kier molecular flexibility index (Phi) is 2.91. The second kappa shape index (κ2) is 4.19. The summed E-state index contributed by atoms with van der Waals surface area (Å²) >= 11 is 1.79. The number of nitrogens with one attached hydrogen (secondary N) is 1. The Labute approximate surface area is 94.7 Å². The highest BCUT2D eigenvalue weighted by molar-refractivity contribution is 7.11. The molecule has 3 heteroatoms. The van der Waals surface area contributed by atoms with Gasteiger partial charge in [-0.05, 0) is 35.9 Å². The van der Waals surface area contributed by atoms with Gasteiger partial charge in [0.1, 0.15) is 6.17 Å². The first-order valence-electron chi connectivity index (χ1n) is 5.25. The van der Waals surface area contributed by atoms with Gasteiger partial charge >= 0.3 is 0 Å². The molecule has 0 saturated carbocycles. The molecule has 2 rings (SSSR count). The minimum absolute atomic E-state index is 0.189. The van der Waals surface area contributed by atoms with E-state index in [9.17, 15) is 0 Å². The number of rotatable bonds is 2. The number of hydrogen-bond donors (Lipinski definition) is 1. The van der Waals surface area contributed by atoms with E-state index >= 15 is 0 Å². The molecule has 0 bridgehead atoms. The molecule has 0 radical (unpaired) electrons. The van der Waals surface area contributed by atoms with Crippen LogP contribution in [0.5, 0.6) is 0 Å². The van der Waals surface area contributed by atoms with Crippen LogP contribution in [0.3, 0.4) is 0 Å². The molecule has 0 spiro atoms. The molecule has 1 aromatic heterocycles.